The number of anilines is 1. The first-order valence-corrected chi connectivity index (χ1v) is 8.37. The van der Waals surface area contributed by atoms with E-state index in [-0.39, 0.29) is 5.92 Å². The number of aromatic nitrogens is 1. The zero-order valence-electron chi connectivity index (χ0n) is 13.2. The number of carbonyl (C=O) groups excluding carboxylic acids is 1. The lowest BCUT2D eigenvalue weighted by atomic mass is 9.87. The number of rotatable bonds is 4. The van der Waals surface area contributed by atoms with E-state index in [0.717, 1.165) is 31.5 Å². The maximum atomic E-state index is 11.2. The van der Waals surface area contributed by atoms with Gasteiger partial charge in [-0.25, -0.2) is 4.98 Å². The fourth-order valence-corrected chi connectivity index (χ4v) is 3.43. The van der Waals surface area contributed by atoms with Gasteiger partial charge in [0.05, 0.1) is 16.7 Å². The number of carbonyl (C=O) groups is 1. The highest BCUT2D eigenvalue weighted by Crippen LogP contribution is 2.33. The van der Waals surface area contributed by atoms with E-state index in [1.807, 2.05) is 30.3 Å². The van der Waals surface area contributed by atoms with Crippen molar-refractivity contribution in [1.82, 2.24) is 4.98 Å². The molecule has 0 radical (unpaired) electrons. The minimum atomic E-state index is -0.541. The van der Waals surface area contributed by atoms with Crippen LogP contribution in [0.15, 0.2) is 42.6 Å². The van der Waals surface area contributed by atoms with E-state index in [2.05, 4.69) is 9.88 Å². The van der Waals surface area contributed by atoms with E-state index in [4.69, 9.17) is 17.3 Å². The highest BCUT2D eigenvalue weighted by Gasteiger charge is 2.27. The minimum Gasteiger partial charge on any atom is -0.388 e. The Morgan fingerprint density at radius 2 is 1.96 bits per heavy atom. The minimum absolute atomic E-state index is 0.215. The van der Waals surface area contributed by atoms with Gasteiger partial charge in [-0.1, -0.05) is 41.9 Å². The monoisotopic (exact) mass is 345 g/mol. The number of aliphatic hydroxyl groups is 1. The molecule has 0 aliphatic carbocycles. The molecule has 2 aromatic rings. The van der Waals surface area contributed by atoms with Crippen molar-refractivity contribution in [1.29, 1.82) is 0 Å². The number of hydrogen-bond donors (Lipinski definition) is 2. The van der Waals surface area contributed by atoms with Crippen LogP contribution >= 0.6 is 11.6 Å². The van der Waals surface area contributed by atoms with Crippen molar-refractivity contribution in [3.05, 3.63) is 58.7 Å². The van der Waals surface area contributed by atoms with Crippen molar-refractivity contribution in [3.8, 4) is 0 Å². The molecule has 1 saturated heterocycles. The molecule has 3 N–H and O–H groups in total. The van der Waals surface area contributed by atoms with E-state index in [1.54, 1.807) is 6.07 Å². The van der Waals surface area contributed by atoms with E-state index in [1.165, 1.54) is 6.20 Å². The molecule has 0 bridgehead atoms. The molecule has 3 rings (SSSR count). The number of halogens is 1. The molecule has 1 atom stereocenters. The summed E-state index contributed by atoms with van der Waals surface area (Å²) in [5.74, 6) is 0.335. The lowest BCUT2D eigenvalue weighted by Crippen LogP contribution is -2.36. The normalized spacial score (nSPS) is 16.8. The molecule has 24 heavy (non-hydrogen) atoms. The summed E-state index contributed by atoms with van der Waals surface area (Å²) in [6.07, 6.45) is 2.71. The summed E-state index contributed by atoms with van der Waals surface area (Å²) in [6.45, 7) is 1.52. The van der Waals surface area contributed by atoms with Gasteiger partial charge in [0.15, 0.2) is 0 Å². The Morgan fingerprint density at radius 3 is 2.54 bits per heavy atom. The van der Waals surface area contributed by atoms with E-state index >= 15 is 0 Å². The first-order valence-electron chi connectivity index (χ1n) is 7.99. The van der Waals surface area contributed by atoms with Gasteiger partial charge in [0.25, 0.3) is 0 Å². The van der Waals surface area contributed by atoms with Gasteiger partial charge < -0.3 is 15.7 Å². The number of nitrogens with zero attached hydrogens (tertiary/aromatic N) is 2. The number of hydrogen-bond acceptors (Lipinski definition) is 4. The number of primary amides is 1. The van der Waals surface area contributed by atoms with Crippen molar-refractivity contribution in [2.75, 3.05) is 18.0 Å². The number of pyridine rings is 1. The predicted octanol–water partition coefficient (Wildman–Crippen LogP) is 2.78. The van der Waals surface area contributed by atoms with Gasteiger partial charge in [0, 0.05) is 19.3 Å². The molecule has 2 heterocycles. The molecule has 1 aromatic carbocycles. The van der Waals surface area contributed by atoms with Crippen LogP contribution in [0.3, 0.4) is 0 Å². The Morgan fingerprint density at radius 1 is 1.29 bits per heavy atom. The lowest BCUT2D eigenvalue weighted by molar-refractivity contribution is 0.0928. The van der Waals surface area contributed by atoms with Gasteiger partial charge in [0.2, 0.25) is 5.91 Å². The number of benzene rings is 1. The third kappa shape index (κ3) is 3.52. The number of aliphatic hydroxyl groups excluding tert-OH is 1. The average Bonchev–Trinajstić information content (AvgIpc) is 2.62. The second kappa shape index (κ2) is 7.20. The summed E-state index contributed by atoms with van der Waals surface area (Å²) in [5.41, 5.74) is 6.50. The molecule has 1 aliphatic rings. The molecular weight excluding hydrogens is 326 g/mol. The Balaban J connectivity index is 1.66. The van der Waals surface area contributed by atoms with Gasteiger partial charge in [-0.3, -0.25) is 4.79 Å². The second-order valence-electron chi connectivity index (χ2n) is 6.07. The molecule has 1 amide bonds. The Hall–Kier alpha value is -2.11. The third-order valence-corrected chi connectivity index (χ3v) is 4.81. The van der Waals surface area contributed by atoms with Crippen molar-refractivity contribution in [2.24, 2.45) is 11.7 Å². The SMILES string of the molecule is NC(=O)c1cnc(N2CCC(C(O)c3ccccc3)CC2)c(Cl)c1. The van der Waals surface area contributed by atoms with Crippen LogP contribution in [0.1, 0.15) is 34.9 Å². The second-order valence-corrected chi connectivity index (χ2v) is 6.48. The molecule has 1 fully saturated rings. The number of piperidine rings is 1. The van der Waals surface area contributed by atoms with Crippen molar-refractivity contribution in [2.45, 2.75) is 18.9 Å². The fourth-order valence-electron chi connectivity index (χ4n) is 3.15. The zero-order chi connectivity index (χ0) is 17.1. The largest absolute Gasteiger partial charge is 0.388 e. The van der Waals surface area contributed by atoms with Gasteiger partial charge in [-0.2, -0.15) is 0 Å². The van der Waals surface area contributed by atoms with E-state index in [9.17, 15) is 9.90 Å². The van der Waals surface area contributed by atoms with Crippen LogP contribution in [0.2, 0.25) is 5.02 Å². The molecule has 1 aromatic heterocycles. The third-order valence-electron chi connectivity index (χ3n) is 4.53. The molecule has 6 heteroatoms. The molecule has 1 aliphatic heterocycles. The standard InChI is InChI=1S/C18H20ClN3O2/c19-15-10-14(17(20)24)11-21-18(15)22-8-6-13(7-9-22)16(23)12-4-2-1-3-5-12/h1-5,10-11,13,16,23H,6-9H2,(H2,20,24). The molecule has 1 unspecified atom stereocenters. The van der Waals surface area contributed by atoms with E-state index in [0.29, 0.717) is 16.4 Å². The van der Waals surface area contributed by atoms with E-state index < -0.39 is 12.0 Å². The van der Waals surface area contributed by atoms with Crippen molar-refractivity contribution >= 4 is 23.3 Å². The Kier molecular flexibility index (Phi) is 5.02. The van der Waals surface area contributed by atoms with Crippen molar-refractivity contribution < 1.29 is 9.90 Å². The van der Waals surface area contributed by atoms with Crippen LogP contribution in [0.4, 0.5) is 5.82 Å². The smallest absolute Gasteiger partial charge is 0.250 e. The summed E-state index contributed by atoms with van der Waals surface area (Å²) in [7, 11) is 0. The van der Waals surface area contributed by atoms with Crippen LogP contribution in [0.25, 0.3) is 0 Å². The highest BCUT2D eigenvalue weighted by molar-refractivity contribution is 6.33. The summed E-state index contributed by atoms with van der Waals surface area (Å²) in [5, 5.41) is 11.0. The Labute approximate surface area is 146 Å². The topological polar surface area (TPSA) is 79.5 Å². The van der Waals surface area contributed by atoms with Gasteiger partial charge in [0.1, 0.15) is 5.82 Å². The molecule has 0 saturated carbocycles. The van der Waals surface area contributed by atoms with Gasteiger partial charge in [-0.15, -0.1) is 0 Å². The Bertz CT molecular complexity index is 715. The first-order chi connectivity index (χ1) is 11.6. The maximum Gasteiger partial charge on any atom is 0.250 e. The fraction of sp³-hybridized carbons (Fsp3) is 0.333. The zero-order valence-corrected chi connectivity index (χ0v) is 14.0. The summed E-state index contributed by atoms with van der Waals surface area (Å²) >= 11 is 6.24. The van der Waals surface area contributed by atoms with Gasteiger partial charge >= 0.3 is 0 Å². The van der Waals surface area contributed by atoms with Crippen LogP contribution in [-0.2, 0) is 0 Å². The van der Waals surface area contributed by atoms with Crippen LogP contribution in [-0.4, -0.2) is 29.1 Å². The number of nitrogens with two attached hydrogens (primary N) is 1. The molecule has 126 valence electrons. The average molecular weight is 346 g/mol. The molecule has 5 nitrogen and oxygen atoms in total. The molecule has 0 spiro atoms. The van der Waals surface area contributed by atoms with Crippen LogP contribution in [0.5, 0.6) is 0 Å². The first kappa shape index (κ1) is 16.7. The summed E-state index contributed by atoms with van der Waals surface area (Å²) in [6, 6.07) is 11.3. The molecular formula is C18H20ClN3O2. The summed E-state index contributed by atoms with van der Waals surface area (Å²) < 4.78 is 0. The number of amides is 1. The van der Waals surface area contributed by atoms with Crippen molar-refractivity contribution in [3.63, 3.8) is 0 Å². The maximum absolute atomic E-state index is 11.2. The predicted molar refractivity (Wildman–Crippen MR) is 94.1 cm³/mol. The van der Waals surface area contributed by atoms with Crippen LogP contribution in [0, 0.1) is 5.92 Å². The van der Waals surface area contributed by atoms with Crippen LogP contribution < -0.4 is 10.6 Å². The lowest BCUT2D eigenvalue weighted by Gasteiger charge is -2.35. The van der Waals surface area contributed by atoms with Gasteiger partial charge in [-0.05, 0) is 30.4 Å². The highest BCUT2D eigenvalue weighted by atomic mass is 35.5. The summed E-state index contributed by atoms with van der Waals surface area (Å²) in [4.78, 5) is 17.5. The quantitative estimate of drug-likeness (QED) is 0.893.